The summed E-state index contributed by atoms with van der Waals surface area (Å²) in [5.41, 5.74) is 4.95. The molecule has 2 aromatic heterocycles. The van der Waals surface area contributed by atoms with E-state index in [1.807, 2.05) is 36.4 Å². The Bertz CT molecular complexity index is 1200. The highest BCUT2D eigenvalue weighted by molar-refractivity contribution is 5.94. The van der Waals surface area contributed by atoms with E-state index >= 15 is 0 Å². The van der Waals surface area contributed by atoms with Crippen LogP contribution in [0.25, 0.3) is 0 Å². The van der Waals surface area contributed by atoms with E-state index in [1.165, 1.54) is 12.1 Å². The van der Waals surface area contributed by atoms with Crippen LogP contribution in [-0.4, -0.2) is 20.9 Å². The fraction of sp³-hybridized carbons (Fsp3) is 0.185. The van der Waals surface area contributed by atoms with E-state index < -0.39 is 0 Å². The van der Waals surface area contributed by atoms with E-state index in [0.717, 1.165) is 28.2 Å². The first-order valence-electron chi connectivity index (χ1n) is 10.9. The van der Waals surface area contributed by atoms with Crippen molar-refractivity contribution in [1.82, 2.24) is 20.3 Å². The number of amides is 1. The monoisotopic (exact) mass is 476 g/mol. The summed E-state index contributed by atoms with van der Waals surface area (Å²) in [7, 11) is 0. The van der Waals surface area contributed by atoms with Gasteiger partial charge in [0, 0.05) is 48.5 Å². The lowest BCUT2D eigenvalue weighted by atomic mass is 9.95. The van der Waals surface area contributed by atoms with Crippen molar-refractivity contribution in [1.29, 1.82) is 0 Å². The molecule has 0 aliphatic rings. The van der Waals surface area contributed by atoms with E-state index in [1.54, 1.807) is 36.8 Å². The third-order valence-corrected chi connectivity index (χ3v) is 5.42. The summed E-state index contributed by atoms with van der Waals surface area (Å²) in [6, 6.07) is 19.9. The van der Waals surface area contributed by atoms with Gasteiger partial charge in [0.05, 0.1) is 5.69 Å². The number of nitrogens with one attached hydrogen (secondary N) is 1. The molecule has 4 rings (SSSR count). The Morgan fingerprint density at radius 3 is 2.41 bits per heavy atom. The summed E-state index contributed by atoms with van der Waals surface area (Å²) >= 11 is 0. The third-order valence-electron chi connectivity index (χ3n) is 5.42. The maximum atomic E-state index is 13.3. The molecule has 0 fully saturated rings. The Hall–Kier alpha value is -3.64. The van der Waals surface area contributed by atoms with Crippen molar-refractivity contribution in [2.45, 2.75) is 32.2 Å². The van der Waals surface area contributed by atoms with Crippen molar-refractivity contribution in [2.75, 3.05) is 0 Å². The van der Waals surface area contributed by atoms with E-state index in [-0.39, 0.29) is 30.0 Å². The molecule has 1 N–H and O–H groups in total. The predicted molar refractivity (Wildman–Crippen MR) is 132 cm³/mol. The Morgan fingerprint density at radius 1 is 0.971 bits per heavy atom. The lowest BCUT2D eigenvalue weighted by Gasteiger charge is -2.14. The molecule has 0 spiro atoms. The van der Waals surface area contributed by atoms with Crippen molar-refractivity contribution in [3.05, 3.63) is 125 Å². The summed E-state index contributed by atoms with van der Waals surface area (Å²) in [6.07, 6.45) is 6.07. The Morgan fingerprint density at radius 2 is 1.71 bits per heavy atom. The van der Waals surface area contributed by atoms with Crippen LogP contribution in [0.15, 0.2) is 85.3 Å². The van der Waals surface area contributed by atoms with E-state index in [4.69, 9.17) is 4.98 Å². The maximum Gasteiger partial charge on any atom is 0.251 e. The molecule has 0 bridgehead atoms. The second-order valence-corrected chi connectivity index (χ2v) is 8.04. The molecule has 1 atom stereocenters. The molecule has 2 aromatic carbocycles. The molecule has 2 heterocycles. The molecular formula is C27H26ClFN4O. The van der Waals surface area contributed by atoms with Crippen LogP contribution in [-0.2, 0) is 19.4 Å². The zero-order valence-corrected chi connectivity index (χ0v) is 19.6. The summed E-state index contributed by atoms with van der Waals surface area (Å²) in [5.74, 6) is -0.296. The summed E-state index contributed by atoms with van der Waals surface area (Å²) in [6.45, 7) is 2.52. The van der Waals surface area contributed by atoms with Gasteiger partial charge in [-0.15, -0.1) is 12.4 Å². The van der Waals surface area contributed by atoms with Crippen LogP contribution < -0.4 is 5.32 Å². The van der Waals surface area contributed by atoms with Crippen LogP contribution >= 0.6 is 12.4 Å². The smallest absolute Gasteiger partial charge is 0.251 e. The normalized spacial score (nSPS) is 11.4. The second-order valence-electron chi connectivity index (χ2n) is 8.04. The van der Waals surface area contributed by atoms with Gasteiger partial charge in [0.2, 0.25) is 0 Å². The minimum atomic E-state index is -0.257. The Labute approximate surface area is 204 Å². The number of hydrogen-bond donors (Lipinski definition) is 1. The van der Waals surface area contributed by atoms with Gasteiger partial charge in [0.25, 0.3) is 5.91 Å². The molecule has 0 aliphatic heterocycles. The Kier molecular flexibility index (Phi) is 8.82. The number of carbonyl (C=O) groups excluding carboxylic acids is 1. The fourth-order valence-electron chi connectivity index (χ4n) is 3.69. The second kappa shape index (κ2) is 12.0. The zero-order valence-electron chi connectivity index (χ0n) is 18.8. The van der Waals surface area contributed by atoms with Crippen molar-refractivity contribution in [3.8, 4) is 0 Å². The fourth-order valence-corrected chi connectivity index (χ4v) is 3.69. The number of hydrogen-bond acceptors (Lipinski definition) is 4. The number of benzene rings is 2. The number of pyridine rings is 1. The molecular weight excluding hydrogens is 451 g/mol. The highest BCUT2D eigenvalue weighted by atomic mass is 35.5. The molecule has 7 heteroatoms. The first-order valence-corrected chi connectivity index (χ1v) is 10.9. The molecule has 174 valence electrons. The first kappa shape index (κ1) is 25.0. The average molecular weight is 477 g/mol. The molecule has 4 aromatic rings. The van der Waals surface area contributed by atoms with Crippen molar-refractivity contribution in [3.63, 3.8) is 0 Å². The number of halogens is 2. The first-order chi connectivity index (χ1) is 16.1. The molecule has 0 saturated carbocycles. The predicted octanol–water partition coefficient (Wildman–Crippen LogP) is 5.30. The van der Waals surface area contributed by atoms with Gasteiger partial charge in [-0.1, -0.05) is 49.4 Å². The standard InChI is InChI=1S/C27H25FN4O.ClH/c1-19(21-7-9-23(28)10-8-21)13-24-14-22(27(33)31-17-20-5-3-2-4-6-20)15-25(32-24)16-26-18-29-11-12-30-26;/h2-12,14-15,18-19H,13,16-17H2,1H3,(H,31,33);1H/t19-;/m1./s1. The molecule has 0 aliphatic carbocycles. The molecule has 5 nitrogen and oxygen atoms in total. The van der Waals surface area contributed by atoms with Gasteiger partial charge in [-0.3, -0.25) is 19.7 Å². The van der Waals surface area contributed by atoms with Crippen LogP contribution in [0, 0.1) is 5.82 Å². The molecule has 34 heavy (non-hydrogen) atoms. The van der Waals surface area contributed by atoms with Gasteiger partial charge in [-0.25, -0.2) is 4.39 Å². The van der Waals surface area contributed by atoms with Crippen molar-refractivity contribution in [2.24, 2.45) is 0 Å². The van der Waals surface area contributed by atoms with Gasteiger partial charge in [-0.2, -0.15) is 0 Å². The average Bonchev–Trinajstić information content (AvgIpc) is 2.84. The van der Waals surface area contributed by atoms with E-state index in [0.29, 0.717) is 24.9 Å². The summed E-state index contributed by atoms with van der Waals surface area (Å²) < 4.78 is 13.3. The summed E-state index contributed by atoms with van der Waals surface area (Å²) in [4.78, 5) is 26.2. The van der Waals surface area contributed by atoms with Gasteiger partial charge >= 0.3 is 0 Å². The maximum absolute atomic E-state index is 13.3. The SMILES string of the molecule is C[C@H](Cc1cc(C(=O)NCc2ccccc2)cc(Cc2cnccn2)n1)c1ccc(F)cc1.Cl. The lowest BCUT2D eigenvalue weighted by Crippen LogP contribution is -2.23. The number of nitrogens with zero attached hydrogens (tertiary/aromatic N) is 3. The molecule has 0 unspecified atom stereocenters. The number of carbonyl (C=O) groups is 1. The Balaban J connectivity index is 0.00000324. The highest BCUT2D eigenvalue weighted by Gasteiger charge is 2.14. The highest BCUT2D eigenvalue weighted by Crippen LogP contribution is 2.21. The van der Waals surface area contributed by atoms with Gasteiger partial charge in [0.1, 0.15) is 5.82 Å². The van der Waals surface area contributed by atoms with Gasteiger partial charge in [-0.05, 0) is 47.7 Å². The largest absolute Gasteiger partial charge is 0.348 e. The lowest BCUT2D eigenvalue weighted by molar-refractivity contribution is 0.0950. The van der Waals surface area contributed by atoms with Crippen LogP contribution in [0.5, 0.6) is 0 Å². The molecule has 1 amide bonds. The minimum absolute atomic E-state index is 0. The van der Waals surface area contributed by atoms with E-state index in [9.17, 15) is 9.18 Å². The molecule has 0 saturated heterocycles. The van der Waals surface area contributed by atoms with E-state index in [2.05, 4.69) is 22.2 Å². The van der Waals surface area contributed by atoms with Gasteiger partial charge in [0.15, 0.2) is 0 Å². The van der Waals surface area contributed by atoms with Gasteiger partial charge < -0.3 is 5.32 Å². The topological polar surface area (TPSA) is 67.8 Å². The van der Waals surface area contributed by atoms with Crippen LogP contribution in [0.4, 0.5) is 4.39 Å². The van der Waals surface area contributed by atoms with Crippen LogP contribution in [0.1, 0.15) is 51.4 Å². The quantitative estimate of drug-likeness (QED) is 0.374. The summed E-state index contributed by atoms with van der Waals surface area (Å²) in [5, 5.41) is 2.99. The minimum Gasteiger partial charge on any atom is -0.348 e. The van der Waals surface area contributed by atoms with Crippen molar-refractivity contribution >= 4 is 18.3 Å². The van der Waals surface area contributed by atoms with Crippen LogP contribution in [0.2, 0.25) is 0 Å². The van der Waals surface area contributed by atoms with Crippen molar-refractivity contribution < 1.29 is 9.18 Å². The molecule has 0 radical (unpaired) electrons. The number of rotatable bonds is 8. The zero-order chi connectivity index (χ0) is 23.0. The number of aromatic nitrogens is 3. The van der Waals surface area contributed by atoms with Crippen LogP contribution in [0.3, 0.4) is 0 Å². The third kappa shape index (κ3) is 6.93.